The molecule has 4 N–H and O–H groups in total. The van der Waals surface area contributed by atoms with Crippen molar-refractivity contribution < 1.29 is 0 Å². The fourth-order valence-corrected chi connectivity index (χ4v) is 0.959. The van der Waals surface area contributed by atoms with Crippen molar-refractivity contribution in [2.45, 2.75) is 6.92 Å². The average Bonchev–Trinajstić information content (AvgIpc) is 1.99. The summed E-state index contributed by atoms with van der Waals surface area (Å²) >= 11 is 6.75. The highest BCUT2D eigenvalue weighted by Crippen LogP contribution is 2.06. The van der Waals surface area contributed by atoms with Crippen LogP contribution in [0.25, 0.3) is 0 Å². The molecule has 0 heterocycles. The normalized spacial score (nSPS) is 13.8. The van der Waals surface area contributed by atoms with Crippen molar-refractivity contribution in [2.75, 3.05) is 5.75 Å². The highest BCUT2D eigenvalue weighted by molar-refractivity contribution is 8.13. The summed E-state index contributed by atoms with van der Waals surface area (Å²) in [5.74, 6) is 5.62. The molecule has 0 saturated heterocycles. The van der Waals surface area contributed by atoms with E-state index >= 15 is 0 Å². The van der Waals surface area contributed by atoms with Crippen LogP contribution < -0.4 is 11.6 Å². The molecule has 0 aliphatic rings. The number of hydrazone groups is 1. The Bertz CT molecular complexity index is 137. The molecule has 0 aliphatic carbocycles. The van der Waals surface area contributed by atoms with Gasteiger partial charge in [0.1, 0.15) is 0 Å². The summed E-state index contributed by atoms with van der Waals surface area (Å²) in [7, 11) is 0. The summed E-state index contributed by atoms with van der Waals surface area (Å²) in [5.41, 5.74) is 7.84. The first-order valence-corrected chi connectivity index (χ1v) is 4.05. The van der Waals surface area contributed by atoms with Crippen LogP contribution in [0.2, 0.25) is 0 Å². The lowest BCUT2D eigenvalue weighted by Gasteiger charge is -1.96. The van der Waals surface area contributed by atoms with E-state index < -0.39 is 0 Å². The molecule has 5 heteroatoms. The molecule has 0 aromatic rings. The first-order valence-electron chi connectivity index (χ1n) is 2.62. The number of amidine groups is 1. The lowest BCUT2D eigenvalue weighted by Crippen LogP contribution is -2.09. The summed E-state index contributed by atoms with van der Waals surface area (Å²) in [6.45, 7) is 1.91. The number of halogens is 1. The van der Waals surface area contributed by atoms with Gasteiger partial charge in [-0.15, -0.1) is 0 Å². The van der Waals surface area contributed by atoms with Crippen molar-refractivity contribution >= 4 is 28.5 Å². The lowest BCUT2D eigenvalue weighted by atomic mass is 10.4. The number of nitrogens with zero attached hydrogens (tertiary/aromatic N) is 1. The molecule has 0 fully saturated rings. The lowest BCUT2D eigenvalue weighted by molar-refractivity contribution is 1.25. The van der Waals surface area contributed by atoms with Gasteiger partial charge in [-0.05, 0) is 6.92 Å². The molecule has 0 saturated carbocycles. The van der Waals surface area contributed by atoms with E-state index in [1.165, 1.54) is 17.3 Å². The Morgan fingerprint density at radius 3 is 2.80 bits per heavy atom. The predicted octanol–water partition coefficient (Wildman–Crippen LogP) is 1.05. The molecule has 0 aromatic heterocycles. The van der Waals surface area contributed by atoms with E-state index in [4.69, 9.17) is 23.2 Å². The van der Waals surface area contributed by atoms with Crippen LogP contribution in [0.15, 0.2) is 16.2 Å². The zero-order chi connectivity index (χ0) is 7.98. The Kier molecular flexibility index (Phi) is 5.25. The number of thioether (sulfide) groups is 1. The van der Waals surface area contributed by atoms with Gasteiger partial charge in [0, 0.05) is 11.3 Å². The molecule has 0 atom stereocenters. The average molecular weight is 180 g/mol. The van der Waals surface area contributed by atoms with Gasteiger partial charge in [0.2, 0.25) is 0 Å². The molecule has 0 bridgehead atoms. The maximum absolute atomic E-state index is 5.39. The van der Waals surface area contributed by atoms with Crippen molar-refractivity contribution in [3.8, 4) is 0 Å². The van der Waals surface area contributed by atoms with Gasteiger partial charge in [-0.25, -0.2) is 0 Å². The molecule has 3 nitrogen and oxygen atoms in total. The molecule has 58 valence electrons. The van der Waals surface area contributed by atoms with E-state index in [0.717, 1.165) is 11.3 Å². The smallest absolute Gasteiger partial charge is 0.177 e. The van der Waals surface area contributed by atoms with E-state index in [1.807, 2.05) is 6.92 Å². The second-order valence-electron chi connectivity index (χ2n) is 1.71. The molecule has 0 rings (SSSR count). The second-order valence-corrected chi connectivity index (χ2v) is 2.93. The van der Waals surface area contributed by atoms with Crippen molar-refractivity contribution in [1.82, 2.24) is 0 Å². The number of hydrogen-bond donors (Lipinski definition) is 2. The molecule has 0 amide bonds. The van der Waals surface area contributed by atoms with Crippen LogP contribution in [0.3, 0.4) is 0 Å². The molecule has 0 aromatic carbocycles. The highest BCUT2D eigenvalue weighted by Gasteiger charge is 1.93. The third kappa shape index (κ3) is 4.52. The van der Waals surface area contributed by atoms with Crippen LogP contribution in [-0.4, -0.2) is 10.9 Å². The monoisotopic (exact) mass is 179 g/mol. The topological polar surface area (TPSA) is 64.4 Å². The standard InChI is InChI=1S/C5H10ClN3S/c1-4(2-6)3-10-5(7)9-8/h2H,3,8H2,1H3,(H2,7,9). The minimum Gasteiger partial charge on any atom is -0.377 e. The summed E-state index contributed by atoms with van der Waals surface area (Å²) in [6, 6.07) is 0. The Labute approximate surface area is 69.5 Å². The predicted molar refractivity (Wildman–Crippen MR) is 47.9 cm³/mol. The SMILES string of the molecule is CC(=CCl)CSC(N)=NN. The van der Waals surface area contributed by atoms with E-state index in [0.29, 0.717) is 5.17 Å². The third-order valence-corrected chi connectivity index (χ3v) is 2.13. The molecule has 0 aliphatic heterocycles. The van der Waals surface area contributed by atoms with Gasteiger partial charge in [-0.2, -0.15) is 5.10 Å². The summed E-state index contributed by atoms with van der Waals surface area (Å²) in [4.78, 5) is 0. The first kappa shape index (κ1) is 9.65. The number of rotatable bonds is 2. The molecular weight excluding hydrogens is 170 g/mol. The Morgan fingerprint density at radius 2 is 2.40 bits per heavy atom. The van der Waals surface area contributed by atoms with Crippen molar-refractivity contribution in [3.05, 3.63) is 11.1 Å². The number of hydrogen-bond acceptors (Lipinski definition) is 3. The Morgan fingerprint density at radius 1 is 1.80 bits per heavy atom. The quantitative estimate of drug-likeness (QED) is 0.288. The molecule has 0 radical (unpaired) electrons. The Hall–Kier alpha value is -0.350. The van der Waals surface area contributed by atoms with Gasteiger partial charge in [-0.3, -0.25) is 0 Å². The van der Waals surface area contributed by atoms with Crippen LogP contribution in [0.4, 0.5) is 0 Å². The van der Waals surface area contributed by atoms with Crippen molar-refractivity contribution in [2.24, 2.45) is 16.7 Å². The molecular formula is C5H10ClN3S. The molecule has 0 unspecified atom stereocenters. The largest absolute Gasteiger partial charge is 0.377 e. The second kappa shape index (κ2) is 5.44. The Balaban J connectivity index is 3.56. The molecule has 10 heavy (non-hydrogen) atoms. The van der Waals surface area contributed by atoms with Gasteiger partial charge >= 0.3 is 0 Å². The maximum atomic E-state index is 5.39. The summed E-state index contributed by atoms with van der Waals surface area (Å²) in [6.07, 6.45) is 0. The van der Waals surface area contributed by atoms with E-state index in [1.54, 1.807) is 0 Å². The minimum atomic E-state index is 0.373. The van der Waals surface area contributed by atoms with Crippen molar-refractivity contribution in [3.63, 3.8) is 0 Å². The third-order valence-electron chi connectivity index (χ3n) is 0.761. The van der Waals surface area contributed by atoms with E-state index in [-0.39, 0.29) is 0 Å². The van der Waals surface area contributed by atoms with Crippen LogP contribution in [-0.2, 0) is 0 Å². The fourth-order valence-electron chi connectivity index (χ4n) is 0.257. The minimum absolute atomic E-state index is 0.373. The van der Waals surface area contributed by atoms with Gasteiger partial charge < -0.3 is 11.6 Å². The maximum Gasteiger partial charge on any atom is 0.177 e. The van der Waals surface area contributed by atoms with Crippen LogP contribution >= 0.6 is 23.4 Å². The summed E-state index contributed by atoms with van der Waals surface area (Å²) < 4.78 is 0. The zero-order valence-corrected chi connectivity index (χ0v) is 7.25. The van der Waals surface area contributed by atoms with Crippen LogP contribution in [0, 0.1) is 0 Å². The van der Waals surface area contributed by atoms with Crippen LogP contribution in [0.5, 0.6) is 0 Å². The van der Waals surface area contributed by atoms with Crippen molar-refractivity contribution in [1.29, 1.82) is 0 Å². The summed E-state index contributed by atoms with van der Waals surface area (Å²) in [5, 5.41) is 3.65. The number of nitrogens with two attached hydrogens (primary N) is 2. The van der Waals surface area contributed by atoms with E-state index in [9.17, 15) is 0 Å². The van der Waals surface area contributed by atoms with Crippen LogP contribution in [0.1, 0.15) is 6.92 Å². The van der Waals surface area contributed by atoms with Gasteiger partial charge in [0.05, 0.1) is 0 Å². The van der Waals surface area contributed by atoms with Gasteiger partial charge in [0.15, 0.2) is 5.17 Å². The van der Waals surface area contributed by atoms with Gasteiger partial charge in [-0.1, -0.05) is 28.9 Å². The fraction of sp³-hybridized carbons (Fsp3) is 0.400. The first-order chi connectivity index (χ1) is 4.70. The zero-order valence-electron chi connectivity index (χ0n) is 5.67. The van der Waals surface area contributed by atoms with E-state index in [2.05, 4.69) is 5.10 Å². The van der Waals surface area contributed by atoms with Gasteiger partial charge in [0.25, 0.3) is 0 Å². The molecule has 0 spiro atoms. The highest BCUT2D eigenvalue weighted by atomic mass is 35.5.